The number of benzene rings is 1. The van der Waals surface area contributed by atoms with Gasteiger partial charge in [0.2, 0.25) is 11.9 Å². The van der Waals surface area contributed by atoms with Crippen molar-refractivity contribution in [1.29, 1.82) is 0 Å². The lowest BCUT2D eigenvalue weighted by molar-refractivity contribution is -0.127. The zero-order valence-corrected chi connectivity index (χ0v) is 23.8. The molecule has 220 valence electrons. The standard InChI is InChI=1S/C29H35N9O4/c1-4-24(39)37-11-7-8-21(17-37)38-16-20(14-32-38)33-29-31-15-22(26(30)40)27(35-29)34-25-18(2)12-19(13-23(25)42-3)28(41)36-9-5-6-10-36/h4,12-16,21H,1,5-11,17H2,2-3H3,(H2,30,40)(H2,31,33,34,35)/t21-/m1/s1. The van der Waals surface area contributed by atoms with E-state index in [0.29, 0.717) is 35.8 Å². The first-order valence-corrected chi connectivity index (χ1v) is 13.9. The number of nitrogens with one attached hydrogen (secondary N) is 2. The number of nitrogens with two attached hydrogens (primary N) is 1. The van der Waals surface area contributed by atoms with Gasteiger partial charge in [0.25, 0.3) is 11.8 Å². The minimum Gasteiger partial charge on any atom is -0.495 e. The molecule has 2 aromatic heterocycles. The predicted molar refractivity (Wildman–Crippen MR) is 157 cm³/mol. The normalized spacial score (nSPS) is 16.7. The zero-order valence-electron chi connectivity index (χ0n) is 23.8. The summed E-state index contributed by atoms with van der Waals surface area (Å²) in [7, 11) is 1.52. The number of methoxy groups -OCH3 is 1. The van der Waals surface area contributed by atoms with Crippen molar-refractivity contribution in [3.8, 4) is 5.75 Å². The first kappa shape index (κ1) is 28.6. The summed E-state index contributed by atoms with van der Waals surface area (Å²) in [6.45, 7) is 8.16. The smallest absolute Gasteiger partial charge is 0.254 e. The summed E-state index contributed by atoms with van der Waals surface area (Å²) < 4.78 is 7.44. The van der Waals surface area contributed by atoms with Crippen molar-refractivity contribution in [2.75, 3.05) is 43.9 Å². The van der Waals surface area contributed by atoms with Crippen LogP contribution in [0.15, 0.2) is 43.4 Å². The SMILES string of the molecule is C=CC(=O)N1CCC[C@@H](n2cc(Nc3ncc(C(N)=O)c(Nc4c(C)cc(C(=O)N5CCCC5)cc4OC)n3)cn2)C1. The summed E-state index contributed by atoms with van der Waals surface area (Å²) in [4.78, 5) is 49.7. The molecule has 0 spiro atoms. The highest BCUT2D eigenvalue weighted by atomic mass is 16.5. The Morgan fingerprint density at radius 3 is 2.57 bits per heavy atom. The van der Waals surface area contributed by atoms with Crippen molar-refractivity contribution in [3.63, 3.8) is 0 Å². The molecule has 3 amide bonds. The molecule has 0 aliphatic carbocycles. The second kappa shape index (κ2) is 12.3. The molecule has 5 rings (SSSR count). The second-order valence-electron chi connectivity index (χ2n) is 10.4. The number of amides is 3. The van der Waals surface area contributed by atoms with Crippen LogP contribution in [0, 0.1) is 6.92 Å². The lowest BCUT2D eigenvalue weighted by Crippen LogP contribution is -2.39. The molecule has 0 bridgehead atoms. The molecule has 0 saturated carbocycles. The summed E-state index contributed by atoms with van der Waals surface area (Å²) >= 11 is 0. The second-order valence-corrected chi connectivity index (χ2v) is 10.4. The van der Waals surface area contributed by atoms with Crippen LogP contribution in [0.5, 0.6) is 5.75 Å². The van der Waals surface area contributed by atoms with Crippen molar-refractivity contribution in [2.45, 2.75) is 38.6 Å². The average molecular weight is 574 g/mol. The largest absolute Gasteiger partial charge is 0.495 e. The number of likely N-dealkylation sites (tertiary alicyclic amines) is 2. The van der Waals surface area contributed by atoms with Gasteiger partial charge in [-0.2, -0.15) is 10.1 Å². The van der Waals surface area contributed by atoms with Gasteiger partial charge in [0.1, 0.15) is 17.1 Å². The molecule has 0 radical (unpaired) electrons. The van der Waals surface area contributed by atoms with Gasteiger partial charge in [-0.1, -0.05) is 6.58 Å². The van der Waals surface area contributed by atoms with E-state index >= 15 is 0 Å². The van der Waals surface area contributed by atoms with Crippen LogP contribution in [0.4, 0.5) is 23.1 Å². The van der Waals surface area contributed by atoms with Crippen molar-refractivity contribution in [1.82, 2.24) is 29.5 Å². The minimum absolute atomic E-state index is 0.0318. The maximum Gasteiger partial charge on any atom is 0.254 e. The first-order valence-electron chi connectivity index (χ1n) is 13.9. The van der Waals surface area contributed by atoms with Crippen molar-refractivity contribution in [2.24, 2.45) is 5.73 Å². The fourth-order valence-corrected chi connectivity index (χ4v) is 5.37. The molecule has 13 heteroatoms. The van der Waals surface area contributed by atoms with Gasteiger partial charge in [0, 0.05) is 44.1 Å². The molecule has 4 heterocycles. The highest BCUT2D eigenvalue weighted by molar-refractivity contribution is 5.99. The van der Waals surface area contributed by atoms with Crippen LogP contribution in [0.1, 0.15) is 58.0 Å². The maximum absolute atomic E-state index is 13.0. The molecule has 3 aromatic rings. The molecular weight excluding hydrogens is 538 g/mol. The zero-order chi connectivity index (χ0) is 29.8. The fraction of sp³-hybridized carbons (Fsp3) is 0.379. The Hall–Kier alpha value is -4.94. The van der Waals surface area contributed by atoms with Crippen LogP contribution in [0.2, 0.25) is 0 Å². The Labute approximate surface area is 243 Å². The van der Waals surface area contributed by atoms with Gasteiger partial charge in [0.05, 0.1) is 30.7 Å². The number of anilines is 4. The van der Waals surface area contributed by atoms with Gasteiger partial charge in [-0.3, -0.25) is 19.1 Å². The highest BCUT2D eigenvalue weighted by Crippen LogP contribution is 2.34. The number of nitrogens with zero attached hydrogens (tertiary/aromatic N) is 6. The van der Waals surface area contributed by atoms with Gasteiger partial charge in [-0.15, -0.1) is 0 Å². The van der Waals surface area contributed by atoms with Crippen molar-refractivity contribution >= 4 is 40.9 Å². The van der Waals surface area contributed by atoms with E-state index in [4.69, 9.17) is 10.5 Å². The number of ether oxygens (including phenoxy) is 1. The van der Waals surface area contributed by atoms with Crippen LogP contribution in [0.3, 0.4) is 0 Å². The third-order valence-corrected chi connectivity index (χ3v) is 7.57. The van der Waals surface area contributed by atoms with E-state index in [-0.39, 0.29) is 35.2 Å². The number of rotatable bonds is 9. The molecule has 2 fully saturated rings. The number of aryl methyl sites for hydroxylation is 1. The van der Waals surface area contributed by atoms with Gasteiger partial charge in [-0.25, -0.2) is 4.98 Å². The number of hydrogen-bond acceptors (Lipinski definition) is 9. The molecule has 42 heavy (non-hydrogen) atoms. The summed E-state index contributed by atoms with van der Waals surface area (Å²) in [5, 5.41) is 10.8. The Kier molecular flexibility index (Phi) is 8.36. The molecule has 2 aliphatic rings. The summed E-state index contributed by atoms with van der Waals surface area (Å²) in [5.74, 6) is -0.0117. The predicted octanol–water partition coefficient (Wildman–Crippen LogP) is 3.16. The van der Waals surface area contributed by atoms with E-state index in [0.717, 1.165) is 44.3 Å². The molecule has 1 aromatic carbocycles. The molecular formula is C29H35N9O4. The minimum atomic E-state index is -0.703. The highest BCUT2D eigenvalue weighted by Gasteiger charge is 2.25. The number of carbonyl (C=O) groups excluding carboxylic acids is 3. The monoisotopic (exact) mass is 573 g/mol. The van der Waals surface area contributed by atoms with E-state index in [9.17, 15) is 14.4 Å². The van der Waals surface area contributed by atoms with E-state index in [2.05, 4.69) is 32.3 Å². The quantitative estimate of drug-likeness (QED) is 0.327. The van der Waals surface area contributed by atoms with Crippen LogP contribution in [-0.4, -0.2) is 80.6 Å². The summed E-state index contributed by atoms with van der Waals surface area (Å²) in [6, 6.07) is 3.51. The molecule has 1 atom stereocenters. The summed E-state index contributed by atoms with van der Waals surface area (Å²) in [5.41, 5.74) is 8.17. The van der Waals surface area contributed by atoms with Crippen LogP contribution < -0.4 is 21.1 Å². The molecule has 13 nitrogen and oxygen atoms in total. The average Bonchev–Trinajstić information content (AvgIpc) is 3.70. The Bertz CT molecular complexity index is 1510. The van der Waals surface area contributed by atoms with Crippen LogP contribution in [-0.2, 0) is 4.79 Å². The fourth-order valence-electron chi connectivity index (χ4n) is 5.37. The number of piperidine rings is 1. The first-order chi connectivity index (χ1) is 20.3. The maximum atomic E-state index is 13.0. The van der Waals surface area contributed by atoms with E-state index < -0.39 is 5.91 Å². The van der Waals surface area contributed by atoms with Crippen molar-refractivity contribution in [3.05, 3.63) is 60.1 Å². The van der Waals surface area contributed by atoms with Gasteiger partial charge in [-0.05, 0) is 56.4 Å². The van der Waals surface area contributed by atoms with Crippen LogP contribution >= 0.6 is 0 Å². The lowest BCUT2D eigenvalue weighted by Gasteiger charge is -2.32. The molecule has 2 saturated heterocycles. The topological polar surface area (TPSA) is 161 Å². The Morgan fingerprint density at radius 1 is 1.10 bits per heavy atom. The van der Waals surface area contributed by atoms with E-state index in [1.807, 2.05) is 22.7 Å². The Morgan fingerprint density at radius 2 is 1.86 bits per heavy atom. The van der Waals surface area contributed by atoms with Gasteiger partial charge < -0.3 is 30.9 Å². The number of hydrogen-bond donors (Lipinski definition) is 3. The van der Waals surface area contributed by atoms with E-state index in [1.54, 1.807) is 23.2 Å². The van der Waals surface area contributed by atoms with Gasteiger partial charge in [0.15, 0.2) is 0 Å². The third-order valence-electron chi connectivity index (χ3n) is 7.57. The number of aromatic nitrogens is 4. The summed E-state index contributed by atoms with van der Waals surface area (Å²) in [6.07, 6.45) is 9.91. The molecule has 0 unspecified atom stereocenters. The molecule has 2 aliphatic heterocycles. The van der Waals surface area contributed by atoms with Crippen LogP contribution in [0.25, 0.3) is 0 Å². The van der Waals surface area contributed by atoms with Gasteiger partial charge >= 0.3 is 0 Å². The van der Waals surface area contributed by atoms with Crippen molar-refractivity contribution < 1.29 is 19.1 Å². The molecule has 4 N–H and O–H groups in total. The number of primary amides is 1. The number of carbonyl (C=O) groups is 3. The Balaban J connectivity index is 1.37. The third kappa shape index (κ3) is 6.04. The lowest BCUT2D eigenvalue weighted by atomic mass is 10.1. The van der Waals surface area contributed by atoms with E-state index in [1.165, 1.54) is 19.4 Å².